The third-order valence-corrected chi connectivity index (χ3v) is 3.12. The van der Waals surface area contributed by atoms with Crippen LogP contribution in [0.3, 0.4) is 0 Å². The van der Waals surface area contributed by atoms with Crippen molar-refractivity contribution in [2.45, 2.75) is 51.6 Å². The number of hydrogen-bond donors (Lipinski definition) is 2. The molecule has 3 unspecified atom stereocenters. The van der Waals surface area contributed by atoms with Crippen molar-refractivity contribution in [3.05, 3.63) is 0 Å². The van der Waals surface area contributed by atoms with E-state index in [4.69, 9.17) is 11.5 Å². The molecule has 2 heteroatoms. The van der Waals surface area contributed by atoms with Gasteiger partial charge in [0, 0.05) is 11.6 Å². The number of nitrogens with two attached hydrogens (primary N) is 2. The molecular weight excluding hydrogens is 148 g/mol. The van der Waals surface area contributed by atoms with Crippen LogP contribution < -0.4 is 11.5 Å². The van der Waals surface area contributed by atoms with E-state index in [9.17, 15) is 0 Å². The summed E-state index contributed by atoms with van der Waals surface area (Å²) in [5.74, 6) is 1.30. The zero-order valence-electron chi connectivity index (χ0n) is 8.51. The first-order valence-corrected chi connectivity index (χ1v) is 4.95. The average Bonchev–Trinajstić information content (AvgIpc) is 1.83. The molecule has 0 bridgehead atoms. The highest BCUT2D eigenvalue weighted by Gasteiger charge is 2.34. The first kappa shape index (κ1) is 10.0. The van der Waals surface area contributed by atoms with Crippen LogP contribution in [-0.4, -0.2) is 11.6 Å². The highest BCUT2D eigenvalue weighted by atomic mass is 14.8. The smallest absolute Gasteiger partial charge is 0.0140 e. The third kappa shape index (κ3) is 2.20. The van der Waals surface area contributed by atoms with Crippen LogP contribution in [0.25, 0.3) is 0 Å². The minimum atomic E-state index is -0.0977. The van der Waals surface area contributed by atoms with Gasteiger partial charge in [-0.2, -0.15) is 0 Å². The van der Waals surface area contributed by atoms with Gasteiger partial charge in [-0.1, -0.05) is 13.3 Å². The maximum absolute atomic E-state index is 6.08. The van der Waals surface area contributed by atoms with Crippen LogP contribution in [-0.2, 0) is 0 Å². The van der Waals surface area contributed by atoms with Crippen molar-refractivity contribution in [3.8, 4) is 0 Å². The summed E-state index contributed by atoms with van der Waals surface area (Å²) < 4.78 is 0. The Balaban J connectivity index is 2.57. The summed E-state index contributed by atoms with van der Waals surface area (Å²) in [5, 5.41) is 0. The summed E-state index contributed by atoms with van der Waals surface area (Å²) in [6.45, 7) is 6.46. The van der Waals surface area contributed by atoms with E-state index in [0.29, 0.717) is 12.0 Å². The van der Waals surface area contributed by atoms with Gasteiger partial charge < -0.3 is 11.5 Å². The molecule has 0 aromatic carbocycles. The van der Waals surface area contributed by atoms with E-state index in [1.165, 1.54) is 12.8 Å². The highest BCUT2D eigenvalue weighted by Crippen LogP contribution is 2.33. The van der Waals surface area contributed by atoms with E-state index in [-0.39, 0.29) is 5.54 Å². The van der Waals surface area contributed by atoms with Gasteiger partial charge in [0.15, 0.2) is 0 Å². The van der Waals surface area contributed by atoms with Crippen molar-refractivity contribution in [1.82, 2.24) is 0 Å². The minimum absolute atomic E-state index is 0.0977. The Hall–Kier alpha value is -0.0800. The zero-order chi connectivity index (χ0) is 9.35. The second kappa shape index (κ2) is 3.35. The molecule has 0 spiro atoms. The first-order valence-electron chi connectivity index (χ1n) is 4.95. The maximum Gasteiger partial charge on any atom is 0.0140 e. The fourth-order valence-electron chi connectivity index (χ4n) is 2.35. The van der Waals surface area contributed by atoms with Gasteiger partial charge in [-0.05, 0) is 38.5 Å². The molecule has 1 rings (SSSR count). The SMILES string of the molecule is CC1CCC(C(C)(C)N)C(N)C1. The summed E-state index contributed by atoms with van der Waals surface area (Å²) in [5.41, 5.74) is 12.0. The van der Waals surface area contributed by atoms with Crippen molar-refractivity contribution in [2.24, 2.45) is 23.3 Å². The topological polar surface area (TPSA) is 52.0 Å². The molecule has 3 atom stereocenters. The molecule has 2 nitrogen and oxygen atoms in total. The van der Waals surface area contributed by atoms with Crippen LogP contribution in [0.1, 0.15) is 40.0 Å². The first-order chi connectivity index (χ1) is 5.41. The zero-order valence-corrected chi connectivity index (χ0v) is 8.51. The molecule has 0 amide bonds. The Morgan fingerprint density at radius 3 is 2.25 bits per heavy atom. The molecule has 1 aliphatic carbocycles. The molecule has 1 aliphatic rings. The Bertz CT molecular complexity index is 148. The Morgan fingerprint density at radius 2 is 1.83 bits per heavy atom. The fraction of sp³-hybridized carbons (Fsp3) is 1.00. The molecule has 0 radical (unpaired) electrons. The summed E-state index contributed by atoms with van der Waals surface area (Å²) in [4.78, 5) is 0. The average molecular weight is 170 g/mol. The van der Waals surface area contributed by atoms with Crippen molar-refractivity contribution in [1.29, 1.82) is 0 Å². The molecular formula is C10H22N2. The van der Waals surface area contributed by atoms with Gasteiger partial charge in [-0.3, -0.25) is 0 Å². The lowest BCUT2D eigenvalue weighted by molar-refractivity contribution is 0.175. The quantitative estimate of drug-likeness (QED) is 0.626. The molecule has 1 fully saturated rings. The van der Waals surface area contributed by atoms with Crippen LogP contribution in [0.4, 0.5) is 0 Å². The summed E-state index contributed by atoms with van der Waals surface area (Å²) in [7, 11) is 0. The molecule has 0 heterocycles. The lowest BCUT2D eigenvalue weighted by atomic mass is 9.71. The van der Waals surface area contributed by atoms with E-state index < -0.39 is 0 Å². The summed E-state index contributed by atoms with van der Waals surface area (Å²) in [6, 6.07) is 0.314. The Kier molecular flexibility index (Phi) is 2.79. The second-order valence-corrected chi connectivity index (χ2v) is 5.01. The molecule has 0 aromatic rings. The van der Waals surface area contributed by atoms with Crippen LogP contribution in [0.5, 0.6) is 0 Å². The molecule has 0 aliphatic heterocycles. The fourth-order valence-corrected chi connectivity index (χ4v) is 2.35. The monoisotopic (exact) mass is 170 g/mol. The normalized spacial score (nSPS) is 38.2. The molecule has 1 saturated carbocycles. The van der Waals surface area contributed by atoms with Crippen LogP contribution >= 0.6 is 0 Å². The minimum Gasteiger partial charge on any atom is -0.327 e. The predicted octanol–water partition coefficient (Wildman–Crippen LogP) is 1.49. The molecule has 72 valence electrons. The number of rotatable bonds is 1. The van der Waals surface area contributed by atoms with E-state index >= 15 is 0 Å². The van der Waals surface area contributed by atoms with E-state index in [0.717, 1.165) is 12.3 Å². The van der Waals surface area contributed by atoms with Gasteiger partial charge in [0.2, 0.25) is 0 Å². The second-order valence-electron chi connectivity index (χ2n) is 5.01. The van der Waals surface area contributed by atoms with E-state index in [1.54, 1.807) is 0 Å². The van der Waals surface area contributed by atoms with Gasteiger partial charge in [0.25, 0.3) is 0 Å². The molecule has 12 heavy (non-hydrogen) atoms. The van der Waals surface area contributed by atoms with E-state index in [2.05, 4.69) is 20.8 Å². The van der Waals surface area contributed by atoms with E-state index in [1.807, 2.05) is 0 Å². The van der Waals surface area contributed by atoms with Crippen molar-refractivity contribution in [2.75, 3.05) is 0 Å². The van der Waals surface area contributed by atoms with Crippen LogP contribution in [0, 0.1) is 11.8 Å². The standard InChI is InChI=1S/C10H22N2/c1-7-4-5-8(9(11)6-7)10(2,3)12/h7-9H,4-6,11-12H2,1-3H3. The summed E-state index contributed by atoms with van der Waals surface area (Å²) in [6.07, 6.45) is 3.64. The van der Waals surface area contributed by atoms with Crippen LogP contribution in [0.2, 0.25) is 0 Å². The molecule has 4 N–H and O–H groups in total. The third-order valence-electron chi connectivity index (χ3n) is 3.12. The van der Waals surface area contributed by atoms with Crippen LogP contribution in [0.15, 0.2) is 0 Å². The lowest BCUT2D eigenvalue weighted by Gasteiger charge is -2.40. The number of hydrogen-bond acceptors (Lipinski definition) is 2. The molecule has 0 saturated heterocycles. The Labute approximate surface area is 75.7 Å². The Morgan fingerprint density at radius 1 is 1.25 bits per heavy atom. The van der Waals surface area contributed by atoms with Gasteiger partial charge in [0.05, 0.1) is 0 Å². The van der Waals surface area contributed by atoms with Gasteiger partial charge >= 0.3 is 0 Å². The van der Waals surface area contributed by atoms with Crippen molar-refractivity contribution < 1.29 is 0 Å². The maximum atomic E-state index is 6.08. The van der Waals surface area contributed by atoms with Gasteiger partial charge in [0.1, 0.15) is 0 Å². The molecule has 0 aromatic heterocycles. The highest BCUT2D eigenvalue weighted by molar-refractivity contribution is 4.92. The van der Waals surface area contributed by atoms with Gasteiger partial charge in [-0.25, -0.2) is 0 Å². The van der Waals surface area contributed by atoms with Crippen molar-refractivity contribution >= 4 is 0 Å². The largest absolute Gasteiger partial charge is 0.327 e. The van der Waals surface area contributed by atoms with Gasteiger partial charge in [-0.15, -0.1) is 0 Å². The summed E-state index contributed by atoms with van der Waals surface area (Å²) >= 11 is 0. The van der Waals surface area contributed by atoms with Crippen molar-refractivity contribution in [3.63, 3.8) is 0 Å². The predicted molar refractivity (Wildman–Crippen MR) is 52.7 cm³/mol. The lowest BCUT2D eigenvalue weighted by Crippen LogP contribution is -2.52.